The maximum Gasteiger partial charge on any atom is 0.336 e. The number of hydrogen-bond acceptors (Lipinski definition) is 3. The van der Waals surface area contributed by atoms with E-state index in [9.17, 15) is 9.59 Å². The molecule has 1 aliphatic rings. The van der Waals surface area contributed by atoms with Gasteiger partial charge in [0, 0.05) is 30.1 Å². The lowest BCUT2D eigenvalue weighted by atomic mass is 9.84. The lowest BCUT2D eigenvalue weighted by molar-refractivity contribution is -0.137. The second-order valence-electron chi connectivity index (χ2n) is 4.72. The van der Waals surface area contributed by atoms with Gasteiger partial charge in [-0.2, -0.15) is 0 Å². The lowest BCUT2D eigenvalue weighted by Crippen LogP contribution is -2.35. The first-order valence-corrected chi connectivity index (χ1v) is 6.65. The normalized spacial score (nSPS) is 19.3. The van der Waals surface area contributed by atoms with Crippen molar-refractivity contribution in [1.82, 2.24) is 4.90 Å². The van der Waals surface area contributed by atoms with Crippen molar-refractivity contribution in [3.63, 3.8) is 0 Å². The van der Waals surface area contributed by atoms with Crippen molar-refractivity contribution in [2.24, 2.45) is 0 Å². The van der Waals surface area contributed by atoms with Crippen LogP contribution < -0.4 is 0 Å². The number of amides is 1. The van der Waals surface area contributed by atoms with Crippen LogP contribution in [0.4, 0.5) is 0 Å². The molecule has 1 amide bonds. The highest BCUT2D eigenvalue weighted by Crippen LogP contribution is 2.39. The molecule has 1 heterocycles. The average molecular weight is 294 g/mol. The van der Waals surface area contributed by atoms with Gasteiger partial charge >= 0.3 is 5.97 Å². The van der Waals surface area contributed by atoms with Crippen molar-refractivity contribution in [2.45, 2.75) is 19.3 Å². The van der Waals surface area contributed by atoms with Crippen molar-refractivity contribution >= 4 is 23.5 Å². The Bertz CT molecular complexity index is 595. The number of methoxy groups -OCH3 is 1. The molecule has 0 unspecified atom stereocenters. The summed E-state index contributed by atoms with van der Waals surface area (Å²) in [6, 6.07) is 7.25. The van der Waals surface area contributed by atoms with E-state index in [1.54, 1.807) is 20.0 Å². The number of ether oxygens (including phenoxy) is 1. The number of esters is 1. The number of allylic oxidation sites excluding steroid dienone is 1. The van der Waals surface area contributed by atoms with Crippen molar-refractivity contribution in [3.05, 3.63) is 46.1 Å². The highest BCUT2D eigenvalue weighted by Gasteiger charge is 2.35. The standard InChI is InChI=1S/C15H16ClNO3/c1-9-14(15(19)20-3)11(8-13(18)17(9)2)10-6-4-5-7-12(10)16/h4-7,11H,8H2,1-3H3/t11-/m1/s1. The van der Waals surface area contributed by atoms with Gasteiger partial charge in [0.2, 0.25) is 5.91 Å². The molecular weight excluding hydrogens is 278 g/mol. The average Bonchev–Trinajstić information content (AvgIpc) is 2.44. The van der Waals surface area contributed by atoms with E-state index in [4.69, 9.17) is 16.3 Å². The third kappa shape index (κ3) is 2.43. The molecule has 0 N–H and O–H groups in total. The van der Waals surface area contributed by atoms with Crippen molar-refractivity contribution in [1.29, 1.82) is 0 Å². The van der Waals surface area contributed by atoms with Gasteiger partial charge in [0.25, 0.3) is 0 Å². The number of benzene rings is 1. The van der Waals surface area contributed by atoms with E-state index in [1.165, 1.54) is 12.0 Å². The Balaban J connectivity index is 2.58. The smallest absolute Gasteiger partial charge is 0.336 e. The molecule has 0 saturated carbocycles. The Morgan fingerprint density at radius 1 is 1.40 bits per heavy atom. The number of rotatable bonds is 2. The first kappa shape index (κ1) is 14.6. The van der Waals surface area contributed by atoms with Gasteiger partial charge in [-0.3, -0.25) is 4.79 Å². The summed E-state index contributed by atoms with van der Waals surface area (Å²) in [6.45, 7) is 1.74. The molecule has 1 aromatic rings. The number of hydrogen-bond donors (Lipinski definition) is 0. The van der Waals surface area contributed by atoms with Crippen LogP contribution in [0.25, 0.3) is 0 Å². The highest BCUT2D eigenvalue weighted by molar-refractivity contribution is 6.31. The Morgan fingerprint density at radius 3 is 2.65 bits per heavy atom. The molecule has 0 fully saturated rings. The zero-order valence-corrected chi connectivity index (χ0v) is 12.4. The molecule has 0 aliphatic carbocycles. The number of nitrogens with zero attached hydrogens (tertiary/aromatic N) is 1. The monoisotopic (exact) mass is 293 g/mol. The van der Waals surface area contributed by atoms with Gasteiger partial charge in [-0.25, -0.2) is 4.79 Å². The van der Waals surface area contributed by atoms with Crippen LogP contribution >= 0.6 is 11.6 Å². The number of halogens is 1. The number of carbonyl (C=O) groups excluding carboxylic acids is 2. The van der Waals surface area contributed by atoms with Crippen LogP contribution in [0.15, 0.2) is 35.5 Å². The summed E-state index contributed by atoms with van der Waals surface area (Å²) < 4.78 is 4.86. The first-order valence-electron chi connectivity index (χ1n) is 6.27. The fourth-order valence-corrected chi connectivity index (χ4v) is 2.72. The second kappa shape index (κ2) is 5.67. The molecule has 0 radical (unpaired) electrons. The van der Waals surface area contributed by atoms with Crippen LogP contribution in [0.2, 0.25) is 5.02 Å². The van der Waals surface area contributed by atoms with Gasteiger partial charge in [0.15, 0.2) is 0 Å². The molecule has 1 aliphatic heterocycles. The molecule has 5 heteroatoms. The van der Waals surface area contributed by atoms with Gasteiger partial charge in [-0.1, -0.05) is 29.8 Å². The van der Waals surface area contributed by atoms with E-state index in [0.29, 0.717) is 16.3 Å². The number of carbonyl (C=O) groups is 2. The molecule has 0 spiro atoms. The maximum absolute atomic E-state index is 12.1. The van der Waals surface area contributed by atoms with Crippen LogP contribution in [0.1, 0.15) is 24.8 Å². The molecule has 0 saturated heterocycles. The zero-order valence-electron chi connectivity index (χ0n) is 11.6. The van der Waals surface area contributed by atoms with Crippen LogP contribution in [0.5, 0.6) is 0 Å². The predicted molar refractivity (Wildman–Crippen MR) is 76.3 cm³/mol. The fourth-order valence-electron chi connectivity index (χ4n) is 2.46. The maximum atomic E-state index is 12.1. The summed E-state index contributed by atoms with van der Waals surface area (Å²) >= 11 is 6.20. The largest absolute Gasteiger partial charge is 0.466 e. The molecule has 1 atom stereocenters. The van der Waals surface area contributed by atoms with Gasteiger partial charge in [-0.05, 0) is 18.6 Å². The van der Waals surface area contributed by atoms with Crippen molar-refractivity contribution in [3.8, 4) is 0 Å². The molecule has 1 aromatic carbocycles. The molecule has 0 bridgehead atoms. The minimum atomic E-state index is -0.424. The zero-order chi connectivity index (χ0) is 14.9. The van der Waals surface area contributed by atoms with Crippen LogP contribution in [0.3, 0.4) is 0 Å². The summed E-state index contributed by atoms with van der Waals surface area (Å²) in [5, 5.41) is 0.545. The Hall–Kier alpha value is -1.81. The summed E-state index contributed by atoms with van der Waals surface area (Å²) in [5.74, 6) is -0.827. The van der Waals surface area contributed by atoms with E-state index in [2.05, 4.69) is 0 Å². The van der Waals surface area contributed by atoms with Gasteiger partial charge in [-0.15, -0.1) is 0 Å². The molecule has 0 aromatic heterocycles. The SMILES string of the molecule is COC(=O)C1=C(C)N(C)C(=O)C[C@@H]1c1ccccc1Cl. The minimum absolute atomic E-state index is 0.0416. The van der Waals surface area contributed by atoms with Gasteiger partial charge < -0.3 is 9.64 Å². The molecule has 106 valence electrons. The summed E-state index contributed by atoms with van der Waals surface area (Å²) in [4.78, 5) is 25.6. The second-order valence-corrected chi connectivity index (χ2v) is 5.13. The minimum Gasteiger partial charge on any atom is -0.466 e. The highest BCUT2D eigenvalue weighted by atomic mass is 35.5. The van der Waals surface area contributed by atoms with E-state index in [0.717, 1.165) is 5.56 Å². The Labute approximate surface area is 123 Å². The molecular formula is C15H16ClNO3. The van der Waals surface area contributed by atoms with Crippen molar-refractivity contribution in [2.75, 3.05) is 14.2 Å². The summed E-state index contributed by atoms with van der Waals surface area (Å²) in [6.07, 6.45) is 0.210. The van der Waals surface area contributed by atoms with Crippen LogP contribution in [-0.2, 0) is 14.3 Å². The third-order valence-corrected chi connectivity index (χ3v) is 4.02. The van der Waals surface area contributed by atoms with E-state index in [1.807, 2.05) is 18.2 Å². The van der Waals surface area contributed by atoms with E-state index >= 15 is 0 Å². The van der Waals surface area contributed by atoms with E-state index < -0.39 is 5.97 Å². The topological polar surface area (TPSA) is 46.6 Å². The van der Waals surface area contributed by atoms with Crippen LogP contribution in [0, 0.1) is 0 Å². The van der Waals surface area contributed by atoms with Gasteiger partial charge in [0.05, 0.1) is 12.7 Å². The predicted octanol–water partition coefficient (Wildman–Crippen LogP) is 2.73. The Morgan fingerprint density at radius 2 is 2.05 bits per heavy atom. The quantitative estimate of drug-likeness (QED) is 0.788. The summed E-state index contributed by atoms with van der Waals surface area (Å²) in [7, 11) is 2.99. The third-order valence-electron chi connectivity index (χ3n) is 3.68. The van der Waals surface area contributed by atoms with Crippen LogP contribution in [-0.4, -0.2) is 30.9 Å². The lowest BCUT2D eigenvalue weighted by Gasteiger charge is -2.32. The molecule has 2 rings (SSSR count). The molecule has 20 heavy (non-hydrogen) atoms. The fraction of sp³-hybridized carbons (Fsp3) is 0.333. The van der Waals surface area contributed by atoms with E-state index in [-0.39, 0.29) is 18.2 Å². The molecule has 4 nitrogen and oxygen atoms in total. The Kier molecular flexibility index (Phi) is 4.14. The summed E-state index contributed by atoms with van der Waals surface area (Å²) in [5.41, 5.74) is 1.87. The van der Waals surface area contributed by atoms with Crippen molar-refractivity contribution < 1.29 is 14.3 Å². The first-order chi connectivity index (χ1) is 9.47. The van der Waals surface area contributed by atoms with Gasteiger partial charge in [0.1, 0.15) is 0 Å².